The number of para-hydroxylation sites is 1. The van der Waals surface area contributed by atoms with Gasteiger partial charge in [-0.3, -0.25) is 4.79 Å². The lowest BCUT2D eigenvalue weighted by Crippen LogP contribution is -2.08. The number of carbonyl (C=O) groups is 1. The number of allylic oxidation sites excluding steroid dienone is 1. The minimum Gasteiger partial charge on any atom is -0.872 e. The SMILES string of the molecule is CN(C)c1ccc(C(=O)/C=C/c2ccccc2[O-])cc1. The lowest BCUT2D eigenvalue weighted by atomic mass is 10.1. The van der Waals surface area contributed by atoms with E-state index >= 15 is 0 Å². The number of nitrogens with zero attached hydrogens (tertiary/aromatic N) is 1. The van der Waals surface area contributed by atoms with Crippen LogP contribution in [0.2, 0.25) is 0 Å². The van der Waals surface area contributed by atoms with Gasteiger partial charge in [0.25, 0.3) is 0 Å². The van der Waals surface area contributed by atoms with E-state index in [0.717, 1.165) is 5.69 Å². The molecule has 2 aromatic rings. The standard InChI is InChI=1S/C17H17NO2/c1-18(2)15-10-7-14(8-11-15)17(20)12-9-13-5-3-4-6-16(13)19/h3-12,19H,1-2H3/p-1/b12-9+. The topological polar surface area (TPSA) is 43.4 Å². The van der Waals surface area contributed by atoms with Crippen molar-refractivity contribution < 1.29 is 9.90 Å². The molecule has 0 saturated carbocycles. The van der Waals surface area contributed by atoms with E-state index in [1.165, 1.54) is 12.1 Å². The highest BCUT2D eigenvalue weighted by atomic mass is 16.3. The average Bonchev–Trinajstić information content (AvgIpc) is 2.46. The maximum absolute atomic E-state index is 12.0. The van der Waals surface area contributed by atoms with Crippen molar-refractivity contribution in [2.24, 2.45) is 0 Å². The van der Waals surface area contributed by atoms with Crippen molar-refractivity contribution >= 4 is 17.5 Å². The van der Waals surface area contributed by atoms with Gasteiger partial charge in [0.05, 0.1) is 0 Å². The Kier molecular flexibility index (Phi) is 4.20. The van der Waals surface area contributed by atoms with Gasteiger partial charge < -0.3 is 10.0 Å². The molecule has 0 N–H and O–H groups in total. The van der Waals surface area contributed by atoms with E-state index in [-0.39, 0.29) is 11.5 Å². The van der Waals surface area contributed by atoms with Crippen LogP contribution in [0.4, 0.5) is 5.69 Å². The molecule has 0 saturated heterocycles. The van der Waals surface area contributed by atoms with Crippen LogP contribution < -0.4 is 10.0 Å². The van der Waals surface area contributed by atoms with Gasteiger partial charge >= 0.3 is 0 Å². The van der Waals surface area contributed by atoms with E-state index in [1.807, 2.05) is 31.1 Å². The molecule has 0 bridgehead atoms. The predicted octanol–water partition coefficient (Wildman–Crippen LogP) is 2.72. The average molecular weight is 266 g/mol. The molecule has 0 heterocycles. The molecule has 3 nitrogen and oxygen atoms in total. The van der Waals surface area contributed by atoms with Crippen molar-refractivity contribution in [2.75, 3.05) is 19.0 Å². The lowest BCUT2D eigenvalue weighted by Gasteiger charge is -2.12. The van der Waals surface area contributed by atoms with Crippen LogP contribution in [0.25, 0.3) is 6.08 Å². The van der Waals surface area contributed by atoms with Crippen LogP contribution in [0.3, 0.4) is 0 Å². The molecule has 2 aromatic carbocycles. The number of hydrogen-bond acceptors (Lipinski definition) is 3. The number of benzene rings is 2. The Balaban J connectivity index is 2.14. The second-order valence-corrected chi connectivity index (χ2v) is 4.68. The van der Waals surface area contributed by atoms with Crippen LogP contribution in [-0.2, 0) is 0 Å². The molecule has 0 atom stereocenters. The van der Waals surface area contributed by atoms with Crippen molar-refractivity contribution in [3.8, 4) is 5.75 Å². The van der Waals surface area contributed by atoms with E-state index in [1.54, 1.807) is 36.4 Å². The molecule has 2 rings (SSSR count). The molecule has 0 radical (unpaired) electrons. The summed E-state index contributed by atoms with van der Waals surface area (Å²) in [6, 6.07) is 14.0. The Hall–Kier alpha value is -2.55. The Bertz CT molecular complexity index is 628. The van der Waals surface area contributed by atoms with Gasteiger partial charge in [-0.1, -0.05) is 30.3 Å². The molecule has 0 amide bonds. The molecule has 102 valence electrons. The molecule has 0 spiro atoms. The predicted molar refractivity (Wildman–Crippen MR) is 80.0 cm³/mol. The summed E-state index contributed by atoms with van der Waals surface area (Å²) in [4.78, 5) is 14.0. The molecule has 3 heteroatoms. The third kappa shape index (κ3) is 3.26. The summed E-state index contributed by atoms with van der Waals surface area (Å²) in [5, 5.41) is 11.5. The summed E-state index contributed by atoms with van der Waals surface area (Å²) in [5.74, 6) is -0.196. The van der Waals surface area contributed by atoms with Crippen LogP contribution in [0.5, 0.6) is 5.75 Å². The summed E-state index contributed by atoms with van der Waals surface area (Å²) < 4.78 is 0. The third-order valence-electron chi connectivity index (χ3n) is 3.00. The van der Waals surface area contributed by atoms with Gasteiger partial charge in [-0.2, -0.15) is 0 Å². The number of rotatable bonds is 4. The quantitative estimate of drug-likeness (QED) is 0.631. The van der Waals surface area contributed by atoms with E-state index in [2.05, 4.69) is 0 Å². The highest BCUT2D eigenvalue weighted by Crippen LogP contribution is 2.16. The Morgan fingerprint density at radius 3 is 2.30 bits per heavy atom. The van der Waals surface area contributed by atoms with Crippen molar-refractivity contribution in [1.82, 2.24) is 0 Å². The maximum Gasteiger partial charge on any atom is 0.185 e. The van der Waals surface area contributed by atoms with E-state index < -0.39 is 0 Å². The zero-order valence-corrected chi connectivity index (χ0v) is 11.5. The van der Waals surface area contributed by atoms with Gasteiger partial charge in [-0.15, -0.1) is 5.75 Å². The first kappa shape index (κ1) is 13.9. The summed E-state index contributed by atoms with van der Waals surface area (Å²) in [6.07, 6.45) is 2.99. The zero-order chi connectivity index (χ0) is 14.5. The van der Waals surface area contributed by atoms with Crippen LogP contribution >= 0.6 is 0 Å². The second-order valence-electron chi connectivity index (χ2n) is 4.68. The van der Waals surface area contributed by atoms with Crippen LogP contribution in [0, 0.1) is 0 Å². The van der Waals surface area contributed by atoms with Crippen molar-refractivity contribution in [1.29, 1.82) is 0 Å². The van der Waals surface area contributed by atoms with E-state index in [9.17, 15) is 9.90 Å². The molecule has 0 aliphatic heterocycles. The van der Waals surface area contributed by atoms with Gasteiger partial charge in [-0.05, 0) is 35.9 Å². The van der Waals surface area contributed by atoms with Crippen LogP contribution in [0.1, 0.15) is 15.9 Å². The Morgan fingerprint density at radius 1 is 1.05 bits per heavy atom. The molecule has 0 fully saturated rings. The van der Waals surface area contributed by atoms with Crippen molar-refractivity contribution in [2.45, 2.75) is 0 Å². The highest BCUT2D eigenvalue weighted by Gasteiger charge is 2.02. The summed E-state index contributed by atoms with van der Waals surface area (Å²) in [6.45, 7) is 0. The monoisotopic (exact) mass is 266 g/mol. The largest absolute Gasteiger partial charge is 0.872 e. The molecule has 0 unspecified atom stereocenters. The first-order valence-electron chi connectivity index (χ1n) is 6.34. The summed E-state index contributed by atoms with van der Waals surface area (Å²) in [5.41, 5.74) is 2.16. The number of hydrogen-bond donors (Lipinski definition) is 0. The fraction of sp³-hybridized carbons (Fsp3) is 0.118. The lowest BCUT2D eigenvalue weighted by molar-refractivity contribution is -0.268. The molecular weight excluding hydrogens is 250 g/mol. The van der Waals surface area contributed by atoms with Crippen molar-refractivity contribution in [3.05, 3.63) is 65.7 Å². The minimum absolute atomic E-state index is 0.0838. The van der Waals surface area contributed by atoms with Crippen molar-refractivity contribution in [3.63, 3.8) is 0 Å². The Labute approximate surface area is 118 Å². The van der Waals surface area contributed by atoms with Gasteiger partial charge in [0.15, 0.2) is 5.78 Å². The number of anilines is 1. The van der Waals surface area contributed by atoms with E-state index in [0.29, 0.717) is 11.1 Å². The summed E-state index contributed by atoms with van der Waals surface area (Å²) in [7, 11) is 3.89. The van der Waals surface area contributed by atoms with Gasteiger partial charge in [0.2, 0.25) is 0 Å². The van der Waals surface area contributed by atoms with Crippen LogP contribution in [-0.4, -0.2) is 19.9 Å². The first-order valence-corrected chi connectivity index (χ1v) is 6.34. The Morgan fingerprint density at radius 2 is 1.70 bits per heavy atom. The summed E-state index contributed by atoms with van der Waals surface area (Å²) >= 11 is 0. The third-order valence-corrected chi connectivity index (χ3v) is 3.00. The van der Waals surface area contributed by atoms with E-state index in [4.69, 9.17) is 0 Å². The first-order chi connectivity index (χ1) is 9.58. The molecule has 20 heavy (non-hydrogen) atoms. The fourth-order valence-electron chi connectivity index (χ4n) is 1.80. The molecule has 0 aromatic heterocycles. The number of carbonyl (C=O) groups excluding carboxylic acids is 1. The smallest absolute Gasteiger partial charge is 0.185 e. The highest BCUT2D eigenvalue weighted by molar-refractivity contribution is 6.07. The van der Waals surface area contributed by atoms with Gasteiger partial charge in [0, 0.05) is 25.3 Å². The molecule has 0 aliphatic rings. The van der Waals surface area contributed by atoms with Gasteiger partial charge in [0.1, 0.15) is 0 Å². The van der Waals surface area contributed by atoms with Crippen LogP contribution in [0.15, 0.2) is 54.6 Å². The number of ketones is 1. The zero-order valence-electron chi connectivity index (χ0n) is 11.5. The van der Waals surface area contributed by atoms with Gasteiger partial charge in [-0.25, -0.2) is 0 Å². The maximum atomic E-state index is 12.0. The normalized spacial score (nSPS) is 10.7. The molecular formula is C17H16NO2-. The minimum atomic E-state index is -0.112. The molecule has 0 aliphatic carbocycles. The fourth-order valence-corrected chi connectivity index (χ4v) is 1.80. The second kappa shape index (κ2) is 6.06.